The number of hydrogen-bond acceptors (Lipinski definition) is 5. The number of ether oxygens (including phenoxy) is 2. The highest BCUT2D eigenvalue weighted by Crippen LogP contribution is 2.24. The molecule has 1 aliphatic rings. The molecule has 0 amide bonds. The Labute approximate surface area is 92.1 Å². The lowest BCUT2D eigenvalue weighted by Gasteiger charge is -2.27. The van der Waals surface area contributed by atoms with Crippen LogP contribution in [0.2, 0.25) is 0 Å². The largest absolute Gasteiger partial charge is 0.347 e. The summed E-state index contributed by atoms with van der Waals surface area (Å²) in [6.45, 7) is 0.864. The van der Waals surface area contributed by atoms with Gasteiger partial charge in [0.1, 0.15) is 0 Å². The van der Waals surface area contributed by atoms with Crippen molar-refractivity contribution in [1.82, 2.24) is 0 Å². The van der Waals surface area contributed by atoms with Crippen LogP contribution in [0.1, 0.15) is 11.9 Å². The average molecular weight is 224 g/mol. The molecule has 0 spiro atoms. The molecule has 0 unspecified atom stereocenters. The van der Waals surface area contributed by atoms with Gasteiger partial charge < -0.3 is 15.2 Å². The molecule has 6 nitrogen and oxygen atoms in total. The quantitative estimate of drug-likeness (QED) is 0.597. The van der Waals surface area contributed by atoms with Gasteiger partial charge in [-0.1, -0.05) is 0 Å². The van der Waals surface area contributed by atoms with E-state index in [1.165, 1.54) is 12.1 Å². The molecule has 16 heavy (non-hydrogen) atoms. The van der Waals surface area contributed by atoms with Crippen LogP contribution in [0, 0.1) is 10.1 Å². The van der Waals surface area contributed by atoms with Gasteiger partial charge >= 0.3 is 0 Å². The Morgan fingerprint density at radius 1 is 1.25 bits per heavy atom. The summed E-state index contributed by atoms with van der Waals surface area (Å²) in [7, 11) is 0. The Morgan fingerprint density at radius 3 is 2.31 bits per heavy atom. The zero-order valence-electron chi connectivity index (χ0n) is 8.54. The van der Waals surface area contributed by atoms with Crippen LogP contribution < -0.4 is 5.73 Å². The lowest BCUT2D eigenvalue weighted by Crippen LogP contribution is -2.37. The highest BCUT2D eigenvalue weighted by Gasteiger charge is 2.21. The zero-order valence-corrected chi connectivity index (χ0v) is 8.54. The number of rotatable bonds is 2. The summed E-state index contributed by atoms with van der Waals surface area (Å²) >= 11 is 0. The van der Waals surface area contributed by atoms with Crippen molar-refractivity contribution in [3.05, 3.63) is 39.9 Å². The second-order valence-corrected chi connectivity index (χ2v) is 3.61. The summed E-state index contributed by atoms with van der Waals surface area (Å²) in [5, 5.41) is 10.5. The van der Waals surface area contributed by atoms with E-state index in [1.807, 2.05) is 0 Å². The van der Waals surface area contributed by atoms with Gasteiger partial charge in [-0.2, -0.15) is 0 Å². The Kier molecular flexibility index (Phi) is 3.14. The van der Waals surface area contributed by atoms with Crippen molar-refractivity contribution in [3.8, 4) is 0 Å². The van der Waals surface area contributed by atoms with Gasteiger partial charge in [0, 0.05) is 17.7 Å². The number of hydrogen-bond donors (Lipinski definition) is 1. The molecule has 1 heterocycles. The van der Waals surface area contributed by atoms with E-state index in [1.54, 1.807) is 12.1 Å². The molecule has 1 aliphatic heterocycles. The van der Waals surface area contributed by atoms with Crippen molar-refractivity contribution in [2.24, 2.45) is 5.73 Å². The molecular formula is C10H12N2O4. The number of nitro groups is 1. The Hall–Kier alpha value is -1.50. The maximum absolute atomic E-state index is 10.5. The first kappa shape index (κ1) is 11.0. The molecule has 1 saturated heterocycles. The molecule has 0 bridgehead atoms. The summed E-state index contributed by atoms with van der Waals surface area (Å²) in [6, 6.07) is 6.00. The third-order valence-electron chi connectivity index (χ3n) is 2.30. The molecule has 1 fully saturated rings. The molecule has 2 rings (SSSR count). The monoisotopic (exact) mass is 224 g/mol. The molecule has 0 radical (unpaired) electrons. The molecule has 0 saturated carbocycles. The third kappa shape index (κ3) is 2.35. The van der Waals surface area contributed by atoms with Crippen LogP contribution in [-0.4, -0.2) is 24.2 Å². The first-order valence-electron chi connectivity index (χ1n) is 4.90. The summed E-state index contributed by atoms with van der Waals surface area (Å²) < 4.78 is 10.7. The number of benzene rings is 1. The zero-order chi connectivity index (χ0) is 11.5. The standard InChI is InChI=1S/C10H12N2O4/c11-8-5-15-10(16-6-8)7-1-3-9(4-2-7)12(13)14/h1-4,8,10H,5-6,11H2/t8-,10+. The van der Waals surface area contributed by atoms with E-state index in [0.717, 1.165) is 5.56 Å². The van der Waals surface area contributed by atoms with E-state index in [4.69, 9.17) is 15.2 Å². The SMILES string of the molecule is N[C@H]1CO[C@@H](c2ccc([N+](=O)[O-])cc2)OC1. The van der Waals surface area contributed by atoms with Crippen LogP contribution in [0.15, 0.2) is 24.3 Å². The second-order valence-electron chi connectivity index (χ2n) is 3.61. The van der Waals surface area contributed by atoms with Crippen LogP contribution in [-0.2, 0) is 9.47 Å². The molecule has 86 valence electrons. The summed E-state index contributed by atoms with van der Waals surface area (Å²) in [5.74, 6) is 0. The summed E-state index contributed by atoms with van der Waals surface area (Å²) in [6.07, 6.45) is -0.472. The van der Waals surface area contributed by atoms with Crippen LogP contribution in [0.5, 0.6) is 0 Å². The van der Waals surface area contributed by atoms with Crippen molar-refractivity contribution < 1.29 is 14.4 Å². The number of nitrogens with zero attached hydrogens (tertiary/aromatic N) is 1. The summed E-state index contributed by atoms with van der Waals surface area (Å²) in [4.78, 5) is 10.0. The summed E-state index contributed by atoms with van der Waals surface area (Å²) in [5.41, 5.74) is 6.41. The van der Waals surface area contributed by atoms with Crippen LogP contribution in [0.25, 0.3) is 0 Å². The van der Waals surface area contributed by atoms with Crippen molar-refractivity contribution in [1.29, 1.82) is 0 Å². The topological polar surface area (TPSA) is 87.6 Å². The molecular weight excluding hydrogens is 212 g/mol. The average Bonchev–Trinajstić information content (AvgIpc) is 2.30. The molecule has 0 atom stereocenters. The fourth-order valence-electron chi connectivity index (χ4n) is 1.46. The molecule has 0 aromatic heterocycles. The predicted molar refractivity (Wildman–Crippen MR) is 55.7 cm³/mol. The maximum Gasteiger partial charge on any atom is 0.269 e. The van der Waals surface area contributed by atoms with Crippen molar-refractivity contribution in [3.63, 3.8) is 0 Å². The van der Waals surface area contributed by atoms with Gasteiger partial charge in [0.2, 0.25) is 0 Å². The minimum absolute atomic E-state index is 0.0521. The number of non-ortho nitro benzene ring substituents is 1. The van der Waals surface area contributed by atoms with Gasteiger partial charge in [-0.3, -0.25) is 10.1 Å². The van der Waals surface area contributed by atoms with E-state index in [9.17, 15) is 10.1 Å². The fraction of sp³-hybridized carbons (Fsp3) is 0.400. The van der Waals surface area contributed by atoms with E-state index in [2.05, 4.69) is 0 Å². The van der Waals surface area contributed by atoms with Crippen molar-refractivity contribution >= 4 is 5.69 Å². The van der Waals surface area contributed by atoms with Crippen molar-refractivity contribution in [2.45, 2.75) is 12.3 Å². The molecule has 6 heteroatoms. The molecule has 1 aromatic rings. The van der Waals surface area contributed by atoms with Gasteiger partial charge in [0.15, 0.2) is 6.29 Å². The highest BCUT2D eigenvalue weighted by atomic mass is 16.7. The Morgan fingerprint density at radius 2 is 1.81 bits per heavy atom. The third-order valence-corrected chi connectivity index (χ3v) is 2.30. The lowest BCUT2D eigenvalue weighted by atomic mass is 10.2. The van der Waals surface area contributed by atoms with E-state index in [0.29, 0.717) is 13.2 Å². The fourth-order valence-corrected chi connectivity index (χ4v) is 1.46. The van der Waals surface area contributed by atoms with E-state index in [-0.39, 0.29) is 11.7 Å². The van der Waals surface area contributed by atoms with Gasteiger partial charge in [-0.15, -0.1) is 0 Å². The number of nitrogens with two attached hydrogens (primary N) is 1. The second kappa shape index (κ2) is 4.56. The lowest BCUT2D eigenvalue weighted by molar-refractivity contribution is -0.384. The minimum atomic E-state index is -0.472. The maximum atomic E-state index is 10.5. The molecule has 1 aromatic carbocycles. The van der Waals surface area contributed by atoms with E-state index < -0.39 is 11.2 Å². The van der Waals surface area contributed by atoms with Gasteiger partial charge in [0.05, 0.1) is 24.2 Å². The van der Waals surface area contributed by atoms with Gasteiger partial charge in [-0.05, 0) is 12.1 Å². The normalized spacial score (nSPS) is 25.3. The van der Waals surface area contributed by atoms with Gasteiger partial charge in [-0.25, -0.2) is 0 Å². The first-order valence-corrected chi connectivity index (χ1v) is 4.90. The first-order chi connectivity index (χ1) is 7.66. The molecule has 2 N–H and O–H groups in total. The van der Waals surface area contributed by atoms with Crippen LogP contribution >= 0.6 is 0 Å². The Balaban J connectivity index is 2.07. The smallest absolute Gasteiger partial charge is 0.269 e. The Bertz CT molecular complexity index is 371. The predicted octanol–water partition coefficient (Wildman–Crippen LogP) is 0.967. The van der Waals surface area contributed by atoms with E-state index >= 15 is 0 Å². The van der Waals surface area contributed by atoms with Crippen LogP contribution in [0.3, 0.4) is 0 Å². The van der Waals surface area contributed by atoms with Crippen molar-refractivity contribution in [2.75, 3.05) is 13.2 Å². The van der Waals surface area contributed by atoms with Crippen LogP contribution in [0.4, 0.5) is 5.69 Å². The number of nitro benzene ring substituents is 1. The molecule has 0 aliphatic carbocycles. The van der Waals surface area contributed by atoms with Gasteiger partial charge in [0.25, 0.3) is 5.69 Å². The highest BCUT2D eigenvalue weighted by molar-refractivity contribution is 5.33. The minimum Gasteiger partial charge on any atom is -0.347 e.